The van der Waals surface area contributed by atoms with Crippen LogP contribution in [0.2, 0.25) is 0 Å². The van der Waals surface area contributed by atoms with Crippen LogP contribution in [-0.4, -0.2) is 86.6 Å². The van der Waals surface area contributed by atoms with Crippen LogP contribution < -0.4 is 15.4 Å². The van der Waals surface area contributed by atoms with Crippen LogP contribution in [0.5, 0.6) is 5.75 Å². The van der Waals surface area contributed by atoms with Gasteiger partial charge >= 0.3 is 0 Å². The highest BCUT2D eigenvalue weighted by Gasteiger charge is 2.39. The normalized spacial score (nSPS) is 24.4. The van der Waals surface area contributed by atoms with Crippen LogP contribution in [0.1, 0.15) is 55.3 Å². The van der Waals surface area contributed by atoms with Crippen molar-refractivity contribution in [3.05, 3.63) is 23.8 Å². The van der Waals surface area contributed by atoms with Crippen molar-refractivity contribution < 1.29 is 23.9 Å². The molecule has 0 aromatic heterocycles. The minimum absolute atomic E-state index is 0.00905. The number of carbonyl (C=O) groups excluding carboxylic acids is 3. The highest BCUT2D eigenvalue weighted by Crippen LogP contribution is 2.33. The third-order valence-corrected chi connectivity index (χ3v) is 7.27. The average molecular weight is 487 g/mol. The summed E-state index contributed by atoms with van der Waals surface area (Å²) >= 11 is 0. The van der Waals surface area contributed by atoms with E-state index in [9.17, 15) is 14.4 Å². The molecule has 2 N–H and O–H groups in total. The van der Waals surface area contributed by atoms with Gasteiger partial charge in [0.1, 0.15) is 18.5 Å². The molecule has 2 aliphatic heterocycles. The number of anilines is 1. The number of benzene rings is 1. The fourth-order valence-corrected chi connectivity index (χ4v) is 4.92. The molecule has 1 aromatic carbocycles. The molecule has 3 amide bonds. The van der Waals surface area contributed by atoms with Crippen molar-refractivity contribution in [2.45, 2.75) is 63.2 Å². The first-order valence-electron chi connectivity index (χ1n) is 12.7. The van der Waals surface area contributed by atoms with Crippen LogP contribution in [0.4, 0.5) is 5.69 Å². The van der Waals surface area contributed by atoms with E-state index in [0.29, 0.717) is 43.0 Å². The lowest BCUT2D eigenvalue weighted by Crippen LogP contribution is -2.54. The number of amides is 3. The molecule has 3 aliphatic rings. The lowest BCUT2D eigenvalue weighted by molar-refractivity contribution is -0.134. The number of hydrogen-bond acceptors (Lipinski definition) is 6. The fourth-order valence-electron chi connectivity index (χ4n) is 4.92. The minimum atomic E-state index is -0.310. The Labute approximate surface area is 207 Å². The Morgan fingerprint density at radius 3 is 2.69 bits per heavy atom. The number of hydrogen-bond donors (Lipinski definition) is 2. The molecule has 3 atom stereocenters. The SMILES string of the molecule is CN(C)CCCNC(=O)C[C@@H]1CC[C@H]2[C@@H](COc3ccc(NC(=O)C4CCC4)cc3C(=O)N2C)O1. The molecule has 1 aliphatic carbocycles. The highest BCUT2D eigenvalue weighted by molar-refractivity contribution is 6.00. The third-order valence-electron chi connectivity index (χ3n) is 7.27. The van der Waals surface area contributed by atoms with Crippen molar-refractivity contribution in [3.8, 4) is 5.75 Å². The molecule has 1 saturated heterocycles. The Morgan fingerprint density at radius 2 is 1.97 bits per heavy atom. The molecule has 4 rings (SSSR count). The molecule has 192 valence electrons. The van der Waals surface area contributed by atoms with Gasteiger partial charge in [-0.1, -0.05) is 6.42 Å². The molecule has 0 unspecified atom stereocenters. The predicted octanol–water partition coefficient (Wildman–Crippen LogP) is 2.26. The Bertz CT molecular complexity index is 932. The topological polar surface area (TPSA) is 100 Å². The number of likely N-dealkylation sites (N-methyl/N-ethyl adjacent to an activating group) is 1. The van der Waals surface area contributed by atoms with E-state index in [2.05, 4.69) is 15.5 Å². The number of nitrogens with zero attached hydrogens (tertiary/aromatic N) is 2. The van der Waals surface area contributed by atoms with Crippen LogP contribution in [0.3, 0.4) is 0 Å². The summed E-state index contributed by atoms with van der Waals surface area (Å²) in [5, 5.41) is 5.91. The average Bonchev–Trinajstić information content (AvgIpc) is 2.78. The summed E-state index contributed by atoms with van der Waals surface area (Å²) in [6.07, 6.45) is 5.08. The van der Waals surface area contributed by atoms with Crippen LogP contribution in [0, 0.1) is 5.92 Å². The molecule has 1 saturated carbocycles. The van der Waals surface area contributed by atoms with Crippen molar-refractivity contribution >= 4 is 23.4 Å². The van der Waals surface area contributed by atoms with Crippen molar-refractivity contribution in [2.75, 3.05) is 46.2 Å². The Balaban J connectivity index is 1.36. The number of fused-ring (bicyclic) bond motifs is 2. The van der Waals surface area contributed by atoms with Crippen LogP contribution >= 0.6 is 0 Å². The first kappa shape index (κ1) is 25.4. The van der Waals surface area contributed by atoms with Crippen LogP contribution in [0.25, 0.3) is 0 Å². The smallest absolute Gasteiger partial charge is 0.257 e. The summed E-state index contributed by atoms with van der Waals surface area (Å²) in [6, 6.07) is 5.08. The fraction of sp³-hybridized carbons (Fsp3) is 0.654. The van der Waals surface area contributed by atoms with Crippen LogP contribution in [0.15, 0.2) is 18.2 Å². The van der Waals surface area contributed by atoms with Crippen molar-refractivity contribution in [1.29, 1.82) is 0 Å². The molecule has 0 bridgehead atoms. The van der Waals surface area contributed by atoms with Crippen molar-refractivity contribution in [1.82, 2.24) is 15.1 Å². The van der Waals surface area contributed by atoms with Gasteiger partial charge in [0.25, 0.3) is 5.91 Å². The number of ether oxygens (including phenoxy) is 2. The summed E-state index contributed by atoms with van der Waals surface area (Å²) in [6.45, 7) is 1.87. The van der Waals surface area contributed by atoms with Gasteiger partial charge in [0.05, 0.1) is 24.1 Å². The van der Waals surface area contributed by atoms with Gasteiger partial charge in [-0.2, -0.15) is 0 Å². The second kappa shape index (κ2) is 11.4. The van der Waals surface area contributed by atoms with E-state index >= 15 is 0 Å². The second-order valence-corrected chi connectivity index (χ2v) is 10.2. The molecule has 2 heterocycles. The maximum atomic E-state index is 13.3. The summed E-state index contributed by atoms with van der Waals surface area (Å²) in [5.41, 5.74) is 1.05. The van der Waals surface area contributed by atoms with E-state index in [1.165, 1.54) is 0 Å². The molecule has 1 aromatic rings. The minimum Gasteiger partial charge on any atom is -0.490 e. The first-order valence-corrected chi connectivity index (χ1v) is 12.7. The maximum absolute atomic E-state index is 13.3. The van der Waals surface area contributed by atoms with E-state index < -0.39 is 0 Å². The van der Waals surface area contributed by atoms with E-state index in [-0.39, 0.29) is 41.9 Å². The standard InChI is InChI=1S/C26H38N4O5/c1-29(2)13-5-12-27-24(31)15-19-9-10-21-23(35-19)16-34-22-11-8-18(14-20(22)26(33)30(21)3)28-25(32)17-6-4-7-17/h8,11,14,17,19,21,23H,4-7,9-10,12-13,15-16H2,1-3H3,(H,27,31)(H,28,32)/t19-,21-,23+/m0/s1. The Morgan fingerprint density at radius 1 is 1.17 bits per heavy atom. The van der Waals surface area contributed by atoms with E-state index in [1.54, 1.807) is 30.1 Å². The van der Waals surface area contributed by atoms with E-state index in [0.717, 1.165) is 38.6 Å². The molecule has 9 heteroatoms. The van der Waals surface area contributed by atoms with Gasteiger partial charge in [-0.05, 0) is 70.9 Å². The van der Waals surface area contributed by atoms with Gasteiger partial charge in [0.2, 0.25) is 11.8 Å². The molecule has 0 spiro atoms. The summed E-state index contributed by atoms with van der Waals surface area (Å²) in [5.74, 6) is 0.392. The van der Waals surface area contributed by atoms with Crippen LogP contribution in [-0.2, 0) is 14.3 Å². The largest absolute Gasteiger partial charge is 0.490 e. The van der Waals surface area contributed by atoms with E-state index in [1.807, 2.05) is 14.1 Å². The Hall–Kier alpha value is -2.65. The van der Waals surface area contributed by atoms with Gasteiger partial charge in [-0.15, -0.1) is 0 Å². The molecule has 35 heavy (non-hydrogen) atoms. The zero-order valence-electron chi connectivity index (χ0n) is 21.0. The summed E-state index contributed by atoms with van der Waals surface area (Å²) in [4.78, 5) is 41.9. The lowest BCUT2D eigenvalue weighted by Gasteiger charge is -2.42. The molecular weight excluding hydrogens is 448 g/mol. The lowest BCUT2D eigenvalue weighted by atomic mass is 9.85. The third kappa shape index (κ3) is 6.32. The van der Waals surface area contributed by atoms with Gasteiger partial charge in [-0.25, -0.2) is 0 Å². The summed E-state index contributed by atoms with van der Waals surface area (Å²) < 4.78 is 12.3. The summed E-state index contributed by atoms with van der Waals surface area (Å²) in [7, 11) is 5.81. The molecular formula is C26H38N4O5. The first-order chi connectivity index (χ1) is 16.8. The maximum Gasteiger partial charge on any atom is 0.257 e. The number of nitrogens with one attached hydrogen (secondary N) is 2. The van der Waals surface area contributed by atoms with E-state index in [4.69, 9.17) is 9.47 Å². The van der Waals surface area contributed by atoms with Gasteiger partial charge in [0, 0.05) is 25.2 Å². The van der Waals surface area contributed by atoms with Gasteiger partial charge in [-0.3, -0.25) is 14.4 Å². The second-order valence-electron chi connectivity index (χ2n) is 10.2. The molecule has 0 radical (unpaired) electrons. The zero-order valence-corrected chi connectivity index (χ0v) is 21.0. The quantitative estimate of drug-likeness (QED) is 0.547. The van der Waals surface area contributed by atoms with Crippen molar-refractivity contribution in [3.63, 3.8) is 0 Å². The monoisotopic (exact) mass is 486 g/mol. The number of carbonyl (C=O) groups is 3. The van der Waals surface area contributed by atoms with Crippen molar-refractivity contribution in [2.24, 2.45) is 5.92 Å². The Kier molecular flexibility index (Phi) is 8.28. The van der Waals surface area contributed by atoms with Gasteiger partial charge in [0.15, 0.2) is 0 Å². The highest BCUT2D eigenvalue weighted by atomic mass is 16.5. The zero-order chi connectivity index (χ0) is 24.9. The van der Waals surface area contributed by atoms with Gasteiger partial charge < -0.3 is 29.9 Å². The number of rotatable bonds is 8. The molecule has 2 fully saturated rings. The predicted molar refractivity (Wildman–Crippen MR) is 132 cm³/mol. The molecule has 9 nitrogen and oxygen atoms in total.